The smallest absolute Gasteiger partial charge is 0.261 e. The van der Waals surface area contributed by atoms with Crippen LogP contribution in [-0.4, -0.2) is 35.5 Å². The van der Waals surface area contributed by atoms with Crippen LogP contribution >= 0.6 is 0 Å². The molecule has 2 N–H and O–H groups in total. The molecule has 3 rings (SSSR count). The number of aryl methyl sites for hydroxylation is 1. The van der Waals surface area contributed by atoms with E-state index in [1.165, 1.54) is 47.8 Å². The fourth-order valence-corrected chi connectivity index (χ4v) is 4.90. The average Bonchev–Trinajstić information content (AvgIpc) is 2.78. The van der Waals surface area contributed by atoms with Gasteiger partial charge in [-0.25, -0.2) is 16.8 Å². The predicted octanol–water partition coefficient (Wildman–Crippen LogP) is 3.83. The fraction of sp³-hybridized carbons (Fsp3) is 0.174. The molecule has 0 aliphatic carbocycles. The molecule has 0 aliphatic heterocycles. The molecule has 0 saturated heterocycles. The summed E-state index contributed by atoms with van der Waals surface area (Å²) in [5.74, 6) is -0.436. The molecule has 0 saturated carbocycles. The Hall–Kier alpha value is -3.37. The second kappa shape index (κ2) is 9.63. The van der Waals surface area contributed by atoms with Crippen LogP contribution in [0.2, 0.25) is 0 Å². The monoisotopic (exact) mass is 487 g/mol. The average molecular weight is 488 g/mol. The molecule has 0 fully saturated rings. The maximum absolute atomic E-state index is 12.6. The summed E-state index contributed by atoms with van der Waals surface area (Å²) in [7, 11) is -5.71. The van der Waals surface area contributed by atoms with Gasteiger partial charge in [0.2, 0.25) is 10.0 Å². The Bertz CT molecular complexity index is 1350. The third kappa shape index (κ3) is 5.91. The topological polar surface area (TPSA) is 113 Å². The first-order valence-electron chi connectivity index (χ1n) is 10.1. The molecule has 0 unspecified atom stereocenters. The molecule has 3 aromatic carbocycles. The van der Waals surface area contributed by atoms with Gasteiger partial charge in [-0.05, 0) is 80.1 Å². The molecule has 1 amide bonds. The van der Waals surface area contributed by atoms with Gasteiger partial charge >= 0.3 is 0 Å². The van der Waals surface area contributed by atoms with E-state index in [1.54, 1.807) is 37.3 Å². The molecule has 3 aromatic rings. The Labute approximate surface area is 194 Å². The molecule has 0 bridgehead atoms. The van der Waals surface area contributed by atoms with Gasteiger partial charge in [0.25, 0.3) is 15.9 Å². The second-order valence-electron chi connectivity index (χ2n) is 7.37. The fourth-order valence-electron chi connectivity index (χ4n) is 3.02. The number of carbonyl (C=O) groups is 1. The van der Waals surface area contributed by atoms with Gasteiger partial charge in [0.05, 0.1) is 16.3 Å². The zero-order valence-electron chi connectivity index (χ0n) is 18.4. The molecule has 10 heteroatoms. The lowest BCUT2D eigenvalue weighted by atomic mass is 10.2. The number of rotatable bonds is 8. The van der Waals surface area contributed by atoms with Crippen molar-refractivity contribution in [2.24, 2.45) is 0 Å². The van der Waals surface area contributed by atoms with Gasteiger partial charge in [-0.2, -0.15) is 0 Å². The van der Waals surface area contributed by atoms with Crippen molar-refractivity contribution in [2.75, 3.05) is 27.1 Å². The lowest BCUT2D eigenvalue weighted by Gasteiger charge is -2.18. The Morgan fingerprint density at radius 3 is 2.09 bits per heavy atom. The van der Waals surface area contributed by atoms with Crippen molar-refractivity contribution in [3.8, 4) is 0 Å². The van der Waals surface area contributed by atoms with Gasteiger partial charge in [0.1, 0.15) is 0 Å². The summed E-state index contributed by atoms with van der Waals surface area (Å²) in [5, 5.41) is 2.70. The number of sulfonamides is 2. The first-order valence-corrected chi connectivity index (χ1v) is 13.2. The Morgan fingerprint density at radius 2 is 1.52 bits per heavy atom. The van der Waals surface area contributed by atoms with Crippen LogP contribution in [0.5, 0.6) is 0 Å². The van der Waals surface area contributed by atoms with E-state index in [9.17, 15) is 21.6 Å². The minimum atomic E-state index is -3.77. The molecular weight excluding hydrogens is 462 g/mol. The normalized spacial score (nSPS) is 11.6. The quantitative estimate of drug-likeness (QED) is 0.501. The molecule has 0 radical (unpaired) electrons. The molecule has 8 nitrogen and oxygen atoms in total. The van der Waals surface area contributed by atoms with Crippen molar-refractivity contribution in [3.05, 3.63) is 83.9 Å². The van der Waals surface area contributed by atoms with Gasteiger partial charge in [0, 0.05) is 24.0 Å². The number of hydrogen-bond donors (Lipinski definition) is 2. The van der Waals surface area contributed by atoms with E-state index in [1.807, 2.05) is 13.0 Å². The Balaban J connectivity index is 1.69. The standard InChI is InChI=1S/C23H25N3O5S2/c1-4-32(28,29)26(3)21-12-8-18(9-13-21)23(27)24-19-10-14-22(15-11-19)33(30,31)25-20-7-5-6-17(2)16-20/h5-16,25H,4H2,1-3H3,(H,24,27). The third-order valence-corrected chi connectivity index (χ3v) is 8.14. The van der Waals surface area contributed by atoms with E-state index in [0.29, 0.717) is 22.6 Å². The SMILES string of the molecule is CCS(=O)(=O)N(C)c1ccc(C(=O)Nc2ccc(S(=O)(=O)Nc3cccc(C)c3)cc2)cc1. The maximum atomic E-state index is 12.6. The minimum absolute atomic E-state index is 0.0298. The van der Waals surface area contributed by atoms with Crippen molar-refractivity contribution >= 4 is 43.0 Å². The molecule has 0 heterocycles. The summed E-state index contributed by atoms with van der Waals surface area (Å²) in [6.45, 7) is 3.43. The highest BCUT2D eigenvalue weighted by atomic mass is 32.2. The zero-order valence-corrected chi connectivity index (χ0v) is 20.1. The van der Waals surface area contributed by atoms with Crippen LogP contribution in [0.1, 0.15) is 22.8 Å². The van der Waals surface area contributed by atoms with Crippen LogP contribution in [-0.2, 0) is 20.0 Å². The zero-order chi connectivity index (χ0) is 24.2. The van der Waals surface area contributed by atoms with Crippen molar-refractivity contribution in [1.82, 2.24) is 0 Å². The van der Waals surface area contributed by atoms with E-state index >= 15 is 0 Å². The van der Waals surface area contributed by atoms with Crippen molar-refractivity contribution < 1.29 is 21.6 Å². The summed E-state index contributed by atoms with van der Waals surface area (Å²) in [4.78, 5) is 12.6. The Kier molecular flexibility index (Phi) is 7.09. The summed E-state index contributed by atoms with van der Waals surface area (Å²) < 4.78 is 52.8. The van der Waals surface area contributed by atoms with E-state index in [0.717, 1.165) is 5.56 Å². The highest BCUT2D eigenvalue weighted by Gasteiger charge is 2.17. The van der Waals surface area contributed by atoms with Gasteiger partial charge < -0.3 is 5.32 Å². The lowest BCUT2D eigenvalue weighted by molar-refractivity contribution is 0.102. The Morgan fingerprint density at radius 1 is 0.879 bits per heavy atom. The van der Waals surface area contributed by atoms with E-state index in [2.05, 4.69) is 10.0 Å². The number of nitrogens with one attached hydrogen (secondary N) is 2. The van der Waals surface area contributed by atoms with Crippen LogP contribution in [0.3, 0.4) is 0 Å². The van der Waals surface area contributed by atoms with Gasteiger partial charge in [-0.15, -0.1) is 0 Å². The summed E-state index contributed by atoms with van der Waals surface area (Å²) in [6, 6.07) is 19.0. The molecular formula is C23H25N3O5S2. The second-order valence-corrected chi connectivity index (χ2v) is 11.3. The third-order valence-electron chi connectivity index (χ3n) is 4.97. The molecule has 33 heavy (non-hydrogen) atoms. The molecule has 174 valence electrons. The number of benzene rings is 3. The van der Waals surface area contributed by atoms with Crippen LogP contribution in [0, 0.1) is 6.92 Å². The minimum Gasteiger partial charge on any atom is -0.322 e. The van der Waals surface area contributed by atoms with Gasteiger partial charge in [0.15, 0.2) is 0 Å². The largest absolute Gasteiger partial charge is 0.322 e. The first-order chi connectivity index (χ1) is 15.5. The number of hydrogen-bond acceptors (Lipinski definition) is 5. The van der Waals surface area contributed by atoms with Crippen LogP contribution in [0.15, 0.2) is 77.7 Å². The highest BCUT2D eigenvalue weighted by molar-refractivity contribution is 7.93. The van der Waals surface area contributed by atoms with Crippen molar-refractivity contribution in [2.45, 2.75) is 18.7 Å². The summed E-state index contributed by atoms with van der Waals surface area (Å²) in [6.07, 6.45) is 0. The summed E-state index contributed by atoms with van der Waals surface area (Å²) in [5.41, 5.74) is 2.60. The molecule has 0 aliphatic rings. The van der Waals surface area contributed by atoms with E-state index in [-0.39, 0.29) is 10.6 Å². The first kappa shape index (κ1) is 24.3. The van der Waals surface area contributed by atoms with Crippen LogP contribution in [0.25, 0.3) is 0 Å². The molecule has 0 spiro atoms. The van der Waals surface area contributed by atoms with Crippen molar-refractivity contribution in [1.29, 1.82) is 0 Å². The highest BCUT2D eigenvalue weighted by Crippen LogP contribution is 2.21. The van der Waals surface area contributed by atoms with Gasteiger partial charge in [-0.3, -0.25) is 13.8 Å². The van der Waals surface area contributed by atoms with E-state index < -0.39 is 26.0 Å². The maximum Gasteiger partial charge on any atom is 0.261 e. The number of carbonyl (C=O) groups excluding carboxylic acids is 1. The molecule has 0 atom stereocenters. The lowest BCUT2D eigenvalue weighted by Crippen LogP contribution is -2.28. The van der Waals surface area contributed by atoms with Gasteiger partial charge in [-0.1, -0.05) is 12.1 Å². The molecule has 0 aromatic heterocycles. The van der Waals surface area contributed by atoms with Crippen LogP contribution < -0.4 is 14.3 Å². The number of amides is 1. The number of anilines is 3. The predicted molar refractivity (Wildman–Crippen MR) is 131 cm³/mol. The van der Waals surface area contributed by atoms with Crippen molar-refractivity contribution in [3.63, 3.8) is 0 Å². The van der Waals surface area contributed by atoms with Crippen LogP contribution in [0.4, 0.5) is 17.1 Å². The number of nitrogens with zero attached hydrogens (tertiary/aromatic N) is 1. The summed E-state index contributed by atoms with van der Waals surface area (Å²) >= 11 is 0. The van der Waals surface area contributed by atoms with E-state index in [4.69, 9.17) is 0 Å².